The van der Waals surface area contributed by atoms with Gasteiger partial charge >= 0.3 is 0 Å². The van der Waals surface area contributed by atoms with Crippen molar-refractivity contribution >= 4 is 21.6 Å². The Morgan fingerprint density at radius 2 is 1.62 bits per heavy atom. The first kappa shape index (κ1) is 20.7. The molecule has 1 aliphatic heterocycles. The number of para-hydroxylation sites is 2. The van der Waals surface area contributed by atoms with E-state index in [1.807, 2.05) is 18.2 Å². The minimum atomic E-state index is -4.01. The van der Waals surface area contributed by atoms with Gasteiger partial charge in [0.15, 0.2) is 4.90 Å². The Balaban J connectivity index is 1.56. The molecule has 0 aromatic heterocycles. The third-order valence-electron chi connectivity index (χ3n) is 4.60. The Hall–Kier alpha value is -2.98. The molecule has 10 heteroatoms. The molecule has 0 spiro atoms. The van der Waals surface area contributed by atoms with Crippen LogP contribution >= 0.6 is 0 Å². The quantitative estimate of drug-likeness (QED) is 0.501. The number of ether oxygens (including phenoxy) is 1. The summed E-state index contributed by atoms with van der Waals surface area (Å²) in [4.78, 5) is 24.0. The summed E-state index contributed by atoms with van der Waals surface area (Å²) in [6.45, 7) is 0.852. The summed E-state index contributed by atoms with van der Waals surface area (Å²) < 4.78 is 32.3. The van der Waals surface area contributed by atoms with Gasteiger partial charge in [0.25, 0.3) is 5.69 Å². The van der Waals surface area contributed by atoms with E-state index in [1.54, 1.807) is 17.0 Å². The van der Waals surface area contributed by atoms with Crippen LogP contribution in [0.4, 0.5) is 5.69 Å². The molecule has 0 bridgehead atoms. The summed E-state index contributed by atoms with van der Waals surface area (Å²) in [5, 5.41) is 11.2. The number of sulfonamides is 1. The van der Waals surface area contributed by atoms with Gasteiger partial charge in [-0.05, 0) is 18.2 Å². The van der Waals surface area contributed by atoms with Crippen molar-refractivity contribution in [2.24, 2.45) is 0 Å². The molecule has 1 aliphatic rings. The minimum absolute atomic E-state index is 0.0830. The molecule has 0 saturated carbocycles. The first-order valence-corrected chi connectivity index (χ1v) is 10.5. The Kier molecular flexibility index (Phi) is 6.45. The molecule has 3 rings (SSSR count). The number of amides is 1. The van der Waals surface area contributed by atoms with E-state index in [0.29, 0.717) is 5.75 Å². The van der Waals surface area contributed by atoms with E-state index in [9.17, 15) is 23.3 Å². The third kappa shape index (κ3) is 4.90. The first-order chi connectivity index (χ1) is 13.9. The molecule has 29 heavy (non-hydrogen) atoms. The van der Waals surface area contributed by atoms with Crippen LogP contribution in [0.3, 0.4) is 0 Å². The fourth-order valence-corrected chi connectivity index (χ4v) is 4.65. The summed E-state index contributed by atoms with van der Waals surface area (Å²) in [6.07, 6.45) is 0.186. The number of hydrogen-bond acceptors (Lipinski definition) is 6. The highest BCUT2D eigenvalue weighted by Crippen LogP contribution is 2.27. The number of benzene rings is 2. The van der Waals surface area contributed by atoms with E-state index >= 15 is 0 Å². The summed E-state index contributed by atoms with van der Waals surface area (Å²) >= 11 is 0. The average Bonchev–Trinajstić information content (AvgIpc) is 2.74. The second kappa shape index (κ2) is 9.01. The lowest BCUT2D eigenvalue weighted by molar-refractivity contribution is -0.387. The minimum Gasteiger partial charge on any atom is -0.493 e. The van der Waals surface area contributed by atoms with E-state index in [1.165, 1.54) is 28.6 Å². The molecule has 0 N–H and O–H groups in total. The van der Waals surface area contributed by atoms with Crippen molar-refractivity contribution in [1.29, 1.82) is 0 Å². The van der Waals surface area contributed by atoms with Crippen LogP contribution in [0.2, 0.25) is 0 Å². The van der Waals surface area contributed by atoms with Crippen LogP contribution in [0.15, 0.2) is 59.5 Å². The first-order valence-electron chi connectivity index (χ1n) is 9.09. The van der Waals surface area contributed by atoms with Crippen molar-refractivity contribution in [3.8, 4) is 5.75 Å². The molecule has 0 radical (unpaired) electrons. The van der Waals surface area contributed by atoms with Crippen molar-refractivity contribution in [1.82, 2.24) is 9.21 Å². The Labute approximate surface area is 168 Å². The van der Waals surface area contributed by atoms with Crippen LogP contribution < -0.4 is 4.74 Å². The molecule has 9 nitrogen and oxygen atoms in total. The predicted molar refractivity (Wildman–Crippen MR) is 105 cm³/mol. The molecule has 1 heterocycles. The smallest absolute Gasteiger partial charge is 0.289 e. The van der Waals surface area contributed by atoms with Gasteiger partial charge in [-0.25, -0.2) is 8.42 Å². The topological polar surface area (TPSA) is 110 Å². The van der Waals surface area contributed by atoms with Gasteiger partial charge in [0.2, 0.25) is 15.9 Å². The lowest BCUT2D eigenvalue weighted by atomic mass is 10.3. The van der Waals surface area contributed by atoms with Crippen molar-refractivity contribution in [2.75, 3.05) is 32.8 Å². The molecule has 0 unspecified atom stereocenters. The fraction of sp³-hybridized carbons (Fsp3) is 0.316. The molecule has 1 saturated heterocycles. The highest BCUT2D eigenvalue weighted by Gasteiger charge is 2.34. The molecular formula is C19H21N3O6S. The van der Waals surface area contributed by atoms with Crippen molar-refractivity contribution in [3.63, 3.8) is 0 Å². The van der Waals surface area contributed by atoms with E-state index in [2.05, 4.69) is 0 Å². The van der Waals surface area contributed by atoms with Crippen molar-refractivity contribution in [3.05, 3.63) is 64.7 Å². The van der Waals surface area contributed by atoms with Crippen LogP contribution in [0, 0.1) is 10.1 Å². The third-order valence-corrected chi connectivity index (χ3v) is 6.55. The molecule has 0 aliphatic carbocycles. The van der Waals surface area contributed by atoms with E-state index in [-0.39, 0.29) is 50.0 Å². The molecule has 1 amide bonds. The van der Waals surface area contributed by atoms with Gasteiger partial charge < -0.3 is 9.64 Å². The fourth-order valence-electron chi connectivity index (χ4n) is 3.07. The number of carbonyl (C=O) groups excluding carboxylic acids is 1. The lowest BCUT2D eigenvalue weighted by Gasteiger charge is -2.34. The molecule has 154 valence electrons. The van der Waals surface area contributed by atoms with Crippen LogP contribution in [0.25, 0.3) is 0 Å². The maximum Gasteiger partial charge on any atom is 0.289 e. The van der Waals surface area contributed by atoms with E-state index in [4.69, 9.17) is 4.74 Å². The van der Waals surface area contributed by atoms with Gasteiger partial charge in [0, 0.05) is 32.2 Å². The molecule has 2 aromatic carbocycles. The van der Waals surface area contributed by atoms with Crippen LogP contribution in [-0.2, 0) is 14.8 Å². The van der Waals surface area contributed by atoms with Gasteiger partial charge in [-0.1, -0.05) is 30.3 Å². The Bertz CT molecular complexity index is 972. The van der Waals surface area contributed by atoms with Crippen molar-refractivity contribution in [2.45, 2.75) is 11.3 Å². The highest BCUT2D eigenvalue weighted by atomic mass is 32.2. The molecule has 1 fully saturated rings. The van der Waals surface area contributed by atoms with Gasteiger partial charge in [-0.15, -0.1) is 0 Å². The summed E-state index contributed by atoms with van der Waals surface area (Å²) in [6, 6.07) is 14.4. The zero-order valence-electron chi connectivity index (χ0n) is 15.6. The number of nitrogens with zero attached hydrogens (tertiary/aromatic N) is 3. The number of nitro groups is 1. The number of piperazine rings is 1. The number of carbonyl (C=O) groups is 1. The standard InChI is InChI=1S/C19H21N3O6S/c23-19(10-15-28-16-6-2-1-3-7-16)20-11-13-21(14-12-20)29(26,27)18-9-5-4-8-17(18)22(24)25/h1-9H,10-15H2. The van der Waals surface area contributed by atoms with Crippen LogP contribution in [0.1, 0.15) is 6.42 Å². The maximum absolute atomic E-state index is 12.8. The zero-order chi connectivity index (χ0) is 20.9. The monoisotopic (exact) mass is 419 g/mol. The van der Waals surface area contributed by atoms with Crippen LogP contribution in [-0.4, -0.2) is 61.2 Å². The van der Waals surface area contributed by atoms with Crippen molar-refractivity contribution < 1.29 is 22.9 Å². The largest absolute Gasteiger partial charge is 0.493 e. The number of rotatable bonds is 7. The summed E-state index contributed by atoms with van der Waals surface area (Å²) in [5.74, 6) is 0.560. The zero-order valence-corrected chi connectivity index (χ0v) is 16.5. The predicted octanol–water partition coefficient (Wildman–Crippen LogP) is 1.90. The summed E-state index contributed by atoms with van der Waals surface area (Å²) in [7, 11) is -4.01. The van der Waals surface area contributed by atoms with E-state index < -0.39 is 20.6 Å². The van der Waals surface area contributed by atoms with Gasteiger partial charge in [-0.3, -0.25) is 14.9 Å². The normalized spacial score (nSPS) is 15.1. The van der Waals surface area contributed by atoms with Gasteiger partial charge in [0.1, 0.15) is 5.75 Å². The Morgan fingerprint density at radius 3 is 2.28 bits per heavy atom. The maximum atomic E-state index is 12.8. The van der Waals surface area contributed by atoms with Gasteiger partial charge in [-0.2, -0.15) is 4.31 Å². The highest BCUT2D eigenvalue weighted by molar-refractivity contribution is 7.89. The average molecular weight is 419 g/mol. The SMILES string of the molecule is O=C(CCOc1ccccc1)N1CCN(S(=O)(=O)c2ccccc2[N+](=O)[O-])CC1. The Morgan fingerprint density at radius 1 is 1.00 bits per heavy atom. The molecule has 0 atom stereocenters. The number of nitro benzene ring substituents is 1. The molecular weight excluding hydrogens is 398 g/mol. The lowest BCUT2D eigenvalue weighted by Crippen LogP contribution is -2.50. The van der Waals surface area contributed by atoms with Gasteiger partial charge in [0.05, 0.1) is 18.0 Å². The molecule has 2 aromatic rings. The van der Waals surface area contributed by atoms with E-state index in [0.717, 1.165) is 0 Å². The summed E-state index contributed by atoms with van der Waals surface area (Å²) in [5.41, 5.74) is -0.455. The second-order valence-corrected chi connectivity index (χ2v) is 8.33. The number of hydrogen-bond donors (Lipinski definition) is 0. The van der Waals surface area contributed by atoms with Crippen LogP contribution in [0.5, 0.6) is 5.75 Å². The second-order valence-electron chi connectivity index (χ2n) is 6.42.